The Balaban J connectivity index is 1.41. The van der Waals surface area contributed by atoms with Gasteiger partial charge in [0.1, 0.15) is 0 Å². The number of halogens is 1. The molecule has 0 radical (unpaired) electrons. The minimum atomic E-state index is -0.314. The molecular formula is C31H35BrN4O3. The largest absolute Gasteiger partial charge is 0.397 e. The smallest absolute Gasteiger partial charge is 0.248 e. The molecular weight excluding hydrogens is 556 g/mol. The number of nitrogens with zero attached hydrogens (tertiary/aromatic N) is 1. The summed E-state index contributed by atoms with van der Waals surface area (Å²) >= 11 is 3.43. The third-order valence-corrected chi connectivity index (χ3v) is 7.47. The maximum absolute atomic E-state index is 13.4. The van der Waals surface area contributed by atoms with Crippen molar-refractivity contribution in [3.63, 3.8) is 0 Å². The first-order valence-electron chi connectivity index (χ1n) is 13.3. The Labute approximate surface area is 238 Å². The molecule has 39 heavy (non-hydrogen) atoms. The number of amides is 2. The zero-order valence-corrected chi connectivity index (χ0v) is 23.4. The molecule has 1 heterocycles. The van der Waals surface area contributed by atoms with E-state index in [4.69, 9.17) is 5.73 Å². The number of aliphatic hydroxyl groups is 1. The monoisotopic (exact) mass is 590 g/mol. The fourth-order valence-electron chi connectivity index (χ4n) is 4.67. The predicted molar refractivity (Wildman–Crippen MR) is 161 cm³/mol. The second-order valence-electron chi connectivity index (χ2n) is 9.84. The van der Waals surface area contributed by atoms with Crippen molar-refractivity contribution in [1.82, 2.24) is 4.90 Å². The van der Waals surface area contributed by atoms with Gasteiger partial charge in [-0.05, 0) is 85.8 Å². The topological polar surface area (TPSA) is 108 Å². The van der Waals surface area contributed by atoms with Crippen LogP contribution in [0, 0.1) is 0 Å². The van der Waals surface area contributed by atoms with Gasteiger partial charge in [-0.1, -0.05) is 52.3 Å². The zero-order valence-electron chi connectivity index (χ0n) is 21.9. The zero-order chi connectivity index (χ0) is 27.6. The molecule has 7 nitrogen and oxygen atoms in total. The van der Waals surface area contributed by atoms with E-state index in [0.717, 1.165) is 60.2 Å². The van der Waals surface area contributed by atoms with Crippen LogP contribution in [0.4, 0.5) is 17.1 Å². The summed E-state index contributed by atoms with van der Waals surface area (Å²) in [6.07, 6.45) is 6.20. The van der Waals surface area contributed by atoms with Crippen LogP contribution in [0.15, 0.2) is 83.3 Å². The first-order chi connectivity index (χ1) is 18.9. The molecule has 1 atom stereocenters. The molecule has 5 N–H and O–H groups in total. The number of aliphatic hydroxyl groups excluding tert-OH is 1. The van der Waals surface area contributed by atoms with Crippen molar-refractivity contribution in [3.05, 3.63) is 94.5 Å². The Bertz CT molecular complexity index is 1270. The van der Waals surface area contributed by atoms with E-state index >= 15 is 0 Å². The van der Waals surface area contributed by atoms with Gasteiger partial charge < -0.3 is 26.4 Å². The third-order valence-electron chi connectivity index (χ3n) is 6.94. The number of para-hydroxylation sites is 2. The average Bonchev–Trinajstić information content (AvgIpc) is 2.94. The first kappa shape index (κ1) is 28.5. The molecule has 2 amide bonds. The Morgan fingerprint density at radius 3 is 2.38 bits per heavy atom. The molecule has 3 aromatic carbocycles. The maximum atomic E-state index is 13.4. The Morgan fingerprint density at radius 2 is 1.69 bits per heavy atom. The van der Waals surface area contributed by atoms with Gasteiger partial charge >= 0.3 is 0 Å². The van der Waals surface area contributed by atoms with Crippen molar-refractivity contribution in [2.45, 2.75) is 37.7 Å². The Kier molecular flexibility index (Phi) is 10.3. The van der Waals surface area contributed by atoms with Crippen LogP contribution in [-0.4, -0.2) is 47.6 Å². The first-order valence-corrected chi connectivity index (χ1v) is 14.1. The van der Waals surface area contributed by atoms with Gasteiger partial charge in [0, 0.05) is 29.3 Å². The second kappa shape index (κ2) is 14.1. The summed E-state index contributed by atoms with van der Waals surface area (Å²) in [6.45, 7) is 2.68. The van der Waals surface area contributed by atoms with E-state index in [9.17, 15) is 14.7 Å². The summed E-state index contributed by atoms with van der Waals surface area (Å²) < 4.78 is 0.952. The SMILES string of the molecule is Nc1ccccc1NC(=O)C=Cc1ccc(C(CCCN2CCC(O)CC2)C(=O)Nc2ccc(Br)cc2)cc1. The van der Waals surface area contributed by atoms with Gasteiger partial charge in [0.25, 0.3) is 0 Å². The summed E-state index contributed by atoms with van der Waals surface area (Å²) in [7, 11) is 0. The molecule has 1 aliphatic heterocycles. The summed E-state index contributed by atoms with van der Waals surface area (Å²) in [5.41, 5.74) is 9.51. The van der Waals surface area contributed by atoms with Gasteiger partial charge in [0.15, 0.2) is 0 Å². The van der Waals surface area contributed by atoms with E-state index in [0.29, 0.717) is 17.8 Å². The summed E-state index contributed by atoms with van der Waals surface area (Å²) in [4.78, 5) is 28.1. The van der Waals surface area contributed by atoms with Gasteiger partial charge in [-0.15, -0.1) is 0 Å². The number of anilines is 3. The molecule has 0 bridgehead atoms. The van der Waals surface area contributed by atoms with Crippen LogP contribution in [0.25, 0.3) is 6.08 Å². The number of hydrogen-bond donors (Lipinski definition) is 4. The standard InChI is InChI=1S/C31H35BrN4O3/c32-24-12-14-25(15-13-24)34-31(39)27(4-3-19-36-20-17-26(37)18-21-36)23-10-7-22(8-11-23)9-16-30(38)35-29-6-2-1-5-28(29)33/h1-2,5-16,26-27,37H,3-4,17-21,33H2,(H,34,39)(H,35,38). The fourth-order valence-corrected chi connectivity index (χ4v) is 4.93. The predicted octanol–water partition coefficient (Wildman–Crippen LogP) is 5.64. The Hall–Kier alpha value is -3.46. The van der Waals surface area contributed by atoms with Crippen molar-refractivity contribution in [3.8, 4) is 0 Å². The minimum absolute atomic E-state index is 0.0468. The molecule has 1 saturated heterocycles. The second-order valence-corrected chi connectivity index (χ2v) is 10.8. The van der Waals surface area contributed by atoms with Crippen molar-refractivity contribution in [2.24, 2.45) is 0 Å². The number of nitrogens with two attached hydrogens (primary N) is 1. The quantitative estimate of drug-likeness (QED) is 0.180. The number of likely N-dealkylation sites (tertiary alicyclic amines) is 1. The van der Waals surface area contributed by atoms with Gasteiger partial charge in [0.2, 0.25) is 11.8 Å². The molecule has 1 fully saturated rings. The number of rotatable bonds is 10. The third kappa shape index (κ3) is 8.78. The molecule has 0 spiro atoms. The van der Waals surface area contributed by atoms with Crippen LogP contribution in [0.5, 0.6) is 0 Å². The lowest BCUT2D eigenvalue weighted by Gasteiger charge is -2.29. The van der Waals surface area contributed by atoms with Gasteiger partial charge in [-0.25, -0.2) is 0 Å². The van der Waals surface area contributed by atoms with Gasteiger partial charge in [-0.2, -0.15) is 0 Å². The number of carbonyl (C=O) groups is 2. The summed E-state index contributed by atoms with van der Waals surface area (Å²) in [5.74, 6) is -0.630. The lowest BCUT2D eigenvalue weighted by atomic mass is 9.92. The molecule has 8 heteroatoms. The molecule has 204 valence electrons. The normalized spacial score (nSPS) is 15.2. The van der Waals surface area contributed by atoms with Crippen LogP contribution in [0.1, 0.15) is 42.7 Å². The molecule has 1 aliphatic rings. The van der Waals surface area contributed by atoms with E-state index < -0.39 is 0 Å². The highest BCUT2D eigenvalue weighted by Gasteiger charge is 2.22. The fraction of sp³-hybridized carbons (Fsp3) is 0.290. The van der Waals surface area contributed by atoms with Gasteiger partial charge in [0.05, 0.1) is 23.4 Å². The van der Waals surface area contributed by atoms with Crippen LogP contribution in [0.2, 0.25) is 0 Å². The van der Waals surface area contributed by atoms with Crippen molar-refractivity contribution in [1.29, 1.82) is 0 Å². The molecule has 0 aromatic heterocycles. The highest BCUT2D eigenvalue weighted by Crippen LogP contribution is 2.26. The van der Waals surface area contributed by atoms with Crippen LogP contribution < -0.4 is 16.4 Å². The van der Waals surface area contributed by atoms with E-state index in [1.165, 1.54) is 6.08 Å². The summed E-state index contributed by atoms with van der Waals surface area (Å²) in [5, 5.41) is 15.6. The lowest BCUT2D eigenvalue weighted by Crippen LogP contribution is -2.36. The van der Waals surface area contributed by atoms with Crippen LogP contribution in [0.3, 0.4) is 0 Å². The molecule has 3 aromatic rings. The minimum Gasteiger partial charge on any atom is -0.397 e. The van der Waals surface area contributed by atoms with Crippen molar-refractivity contribution in [2.75, 3.05) is 36.0 Å². The number of nitrogens with one attached hydrogen (secondary N) is 2. The molecule has 0 saturated carbocycles. The summed E-state index contributed by atoms with van der Waals surface area (Å²) in [6, 6.07) is 22.4. The van der Waals surface area contributed by atoms with E-state index in [1.807, 2.05) is 60.7 Å². The van der Waals surface area contributed by atoms with Crippen molar-refractivity contribution >= 4 is 50.9 Å². The highest BCUT2D eigenvalue weighted by atomic mass is 79.9. The van der Waals surface area contributed by atoms with Crippen LogP contribution in [-0.2, 0) is 9.59 Å². The molecule has 1 unspecified atom stereocenters. The molecule has 4 rings (SSSR count). The number of hydrogen-bond acceptors (Lipinski definition) is 5. The van der Waals surface area contributed by atoms with Gasteiger partial charge in [-0.3, -0.25) is 9.59 Å². The molecule has 0 aliphatic carbocycles. The van der Waals surface area contributed by atoms with Crippen LogP contribution >= 0.6 is 15.9 Å². The average molecular weight is 592 g/mol. The van der Waals surface area contributed by atoms with E-state index in [1.54, 1.807) is 18.2 Å². The maximum Gasteiger partial charge on any atom is 0.248 e. The number of nitrogen functional groups attached to an aromatic ring is 1. The number of benzene rings is 3. The number of carbonyl (C=O) groups excluding carboxylic acids is 2. The number of piperidine rings is 1. The highest BCUT2D eigenvalue weighted by molar-refractivity contribution is 9.10. The lowest BCUT2D eigenvalue weighted by molar-refractivity contribution is -0.117. The van der Waals surface area contributed by atoms with Crippen molar-refractivity contribution < 1.29 is 14.7 Å². The van der Waals surface area contributed by atoms with E-state index in [2.05, 4.69) is 31.5 Å². The Morgan fingerprint density at radius 1 is 1.00 bits per heavy atom. The van der Waals surface area contributed by atoms with E-state index in [-0.39, 0.29) is 23.8 Å².